The maximum absolute atomic E-state index is 13.0. The van der Waals surface area contributed by atoms with Crippen LogP contribution >= 0.6 is 0 Å². The lowest BCUT2D eigenvalue weighted by atomic mass is 9.82. The number of aryl methyl sites for hydroxylation is 2. The van der Waals surface area contributed by atoms with Crippen molar-refractivity contribution < 1.29 is 19.4 Å². The number of nitrogens with one attached hydrogen (secondary N) is 2. The molecule has 60 heavy (non-hydrogen) atoms. The maximum atomic E-state index is 13.0. The number of aromatic nitrogens is 4. The lowest BCUT2D eigenvalue weighted by Gasteiger charge is -2.48. The van der Waals surface area contributed by atoms with Gasteiger partial charge in [0.2, 0.25) is 5.56 Å². The molecule has 6 aromatic rings. The molecule has 3 fully saturated rings. The Morgan fingerprint density at radius 2 is 1.77 bits per heavy atom. The average molecular weight is 828 g/mol. The first kappa shape index (κ1) is 41.4. The topological polar surface area (TPSA) is 149 Å². The predicted octanol–water partition coefficient (Wildman–Crippen LogP) is 8.71. The van der Waals surface area contributed by atoms with E-state index in [2.05, 4.69) is 108 Å². The van der Waals surface area contributed by atoms with E-state index in [1.807, 2.05) is 28.9 Å². The van der Waals surface area contributed by atoms with Crippen molar-refractivity contribution >= 4 is 42.0 Å². The number of anilines is 1. The van der Waals surface area contributed by atoms with Crippen molar-refractivity contribution in [2.24, 2.45) is 5.92 Å². The highest BCUT2D eigenvalue weighted by Gasteiger charge is 2.41. The Bertz CT molecular complexity index is 2540. The number of H-pyrrole nitrogens is 1. The molecule has 0 spiro atoms. The lowest BCUT2D eigenvalue weighted by Crippen LogP contribution is -2.59. The molecule has 1 amide bonds. The zero-order valence-corrected chi connectivity index (χ0v) is 36.3. The van der Waals surface area contributed by atoms with Crippen LogP contribution in [0.2, 0.25) is 18.1 Å². The van der Waals surface area contributed by atoms with Crippen LogP contribution in [0.3, 0.4) is 0 Å². The number of hydrogen-bond acceptors (Lipinski definition) is 8. The van der Waals surface area contributed by atoms with Crippen molar-refractivity contribution in [2.75, 3.05) is 31.1 Å². The fourth-order valence-corrected chi connectivity index (χ4v) is 10.1. The largest absolute Gasteiger partial charge is 0.506 e. The summed E-state index contributed by atoms with van der Waals surface area (Å²) < 4.78 is 8.94. The second kappa shape index (κ2) is 17.0. The summed E-state index contributed by atoms with van der Waals surface area (Å²) in [5, 5.41) is 34.7. The van der Waals surface area contributed by atoms with Crippen LogP contribution in [-0.4, -0.2) is 81.7 Å². The van der Waals surface area contributed by atoms with Gasteiger partial charge in [0.05, 0.1) is 28.9 Å². The van der Waals surface area contributed by atoms with Crippen molar-refractivity contribution in [3.8, 4) is 16.9 Å². The van der Waals surface area contributed by atoms with Crippen LogP contribution in [0.1, 0.15) is 62.8 Å². The molecule has 3 aliphatic heterocycles. The van der Waals surface area contributed by atoms with Crippen molar-refractivity contribution in [3.05, 3.63) is 118 Å². The number of pyridine rings is 1. The van der Waals surface area contributed by atoms with Crippen molar-refractivity contribution in [2.45, 2.75) is 89.8 Å². The van der Waals surface area contributed by atoms with Crippen molar-refractivity contribution in [1.29, 1.82) is 0 Å². The summed E-state index contributed by atoms with van der Waals surface area (Å²) in [5.41, 5.74) is 7.71. The Hall–Kier alpha value is -5.34. The number of amides is 1. The Balaban J connectivity index is 0.956. The van der Waals surface area contributed by atoms with Gasteiger partial charge in [0.1, 0.15) is 11.3 Å². The Kier molecular flexibility index (Phi) is 11.7. The number of phenols is 1. The van der Waals surface area contributed by atoms with Gasteiger partial charge in [-0.3, -0.25) is 9.69 Å². The minimum atomic E-state index is -2.22. The molecule has 4 N–H and O–H groups in total. The molecule has 3 saturated heterocycles. The molecular formula is C47H57N7O5Si. The van der Waals surface area contributed by atoms with E-state index >= 15 is 0 Å². The van der Waals surface area contributed by atoms with Crippen LogP contribution in [0.4, 0.5) is 10.5 Å². The first-order chi connectivity index (χ1) is 28.8. The van der Waals surface area contributed by atoms with Gasteiger partial charge >= 0.3 is 6.09 Å². The summed E-state index contributed by atoms with van der Waals surface area (Å²) in [4.78, 5) is 32.1. The molecule has 2 aromatic heterocycles. The second-order valence-electron chi connectivity index (χ2n) is 18.1. The number of rotatable bonds is 14. The zero-order valence-electron chi connectivity index (χ0n) is 35.3. The standard InChI is InChI=1S/C47H57N7O5Si/c1-47(2,3)60(4,5)59-43(36-16-19-42(55)45-37(36)17-20-44(56)49-45)29-48-28-32-14-18-39-38(26-32)50-51-53(39)23-9-10-31-13-15-35(33-11-7-6-8-12-33)40(27-31)54(46(57)58)41-30-52-24-21-34(41)22-25-52/h6-8,11-20,26-27,34,41,43,48,55H,9-10,21-25,28-30H2,1-5H3,(H,49,56)(H,57,58)/t41?,43-/m0/s1. The monoisotopic (exact) mass is 827 g/mol. The number of aromatic hydroxyl groups is 1. The van der Waals surface area contributed by atoms with Gasteiger partial charge in [-0.15, -0.1) is 5.10 Å². The third-order valence-corrected chi connectivity index (χ3v) is 17.6. The molecule has 1 unspecified atom stereocenters. The van der Waals surface area contributed by atoms with Crippen LogP contribution in [-0.2, 0) is 23.9 Å². The minimum Gasteiger partial charge on any atom is -0.506 e. The van der Waals surface area contributed by atoms with E-state index in [9.17, 15) is 19.8 Å². The molecule has 13 heteroatoms. The highest BCUT2D eigenvalue weighted by molar-refractivity contribution is 6.74. The lowest BCUT2D eigenvalue weighted by molar-refractivity contribution is 0.0837. The molecule has 314 valence electrons. The number of phenolic OH excluding ortho intramolecular Hbond substituents is 1. The Morgan fingerprint density at radius 1 is 1.00 bits per heavy atom. The fourth-order valence-electron chi connectivity index (χ4n) is 8.80. The number of fused-ring (bicyclic) bond motifs is 5. The first-order valence-corrected chi connectivity index (χ1v) is 24.1. The predicted molar refractivity (Wildman–Crippen MR) is 240 cm³/mol. The number of carboxylic acid groups (broad SMARTS) is 1. The molecular weight excluding hydrogens is 771 g/mol. The molecule has 0 saturated carbocycles. The van der Waals surface area contributed by atoms with Gasteiger partial charge in [0, 0.05) is 43.2 Å². The van der Waals surface area contributed by atoms with Crippen LogP contribution in [0.15, 0.2) is 95.8 Å². The van der Waals surface area contributed by atoms with Crippen LogP contribution in [0.5, 0.6) is 5.75 Å². The van der Waals surface area contributed by atoms with E-state index in [1.165, 1.54) is 6.07 Å². The number of hydrogen-bond donors (Lipinski definition) is 4. The number of piperidine rings is 3. The zero-order chi connectivity index (χ0) is 42.2. The molecule has 0 aliphatic carbocycles. The summed E-state index contributed by atoms with van der Waals surface area (Å²) in [6.07, 6.45) is 2.44. The van der Waals surface area contributed by atoms with Crippen LogP contribution in [0.25, 0.3) is 33.1 Å². The van der Waals surface area contributed by atoms with Gasteiger partial charge in [-0.2, -0.15) is 0 Å². The highest BCUT2D eigenvalue weighted by atomic mass is 28.4. The molecule has 2 bridgehead atoms. The van der Waals surface area contributed by atoms with Gasteiger partial charge in [-0.1, -0.05) is 80.6 Å². The summed E-state index contributed by atoms with van der Waals surface area (Å²) in [6.45, 7) is 15.8. The molecule has 3 aliphatic rings. The van der Waals surface area contributed by atoms with Gasteiger partial charge < -0.3 is 29.8 Å². The Morgan fingerprint density at radius 3 is 2.48 bits per heavy atom. The van der Waals surface area contributed by atoms with E-state index in [0.29, 0.717) is 31.1 Å². The van der Waals surface area contributed by atoms with Gasteiger partial charge in [-0.25, -0.2) is 9.48 Å². The number of nitrogens with zero attached hydrogens (tertiary/aromatic N) is 5. The van der Waals surface area contributed by atoms with E-state index in [-0.39, 0.29) is 28.5 Å². The van der Waals surface area contributed by atoms with Gasteiger partial charge in [0.15, 0.2) is 8.32 Å². The number of benzene rings is 4. The van der Waals surface area contributed by atoms with E-state index < -0.39 is 14.4 Å². The summed E-state index contributed by atoms with van der Waals surface area (Å²) in [7, 11) is -2.22. The molecule has 5 heterocycles. The average Bonchev–Trinajstić information content (AvgIpc) is 3.63. The third kappa shape index (κ3) is 8.62. The summed E-state index contributed by atoms with van der Waals surface area (Å²) in [5.74, 6) is 0.397. The second-order valence-corrected chi connectivity index (χ2v) is 22.9. The van der Waals surface area contributed by atoms with E-state index in [4.69, 9.17) is 4.43 Å². The fraction of sp³-hybridized carbons (Fsp3) is 0.404. The van der Waals surface area contributed by atoms with Crippen molar-refractivity contribution in [1.82, 2.24) is 30.2 Å². The molecule has 0 radical (unpaired) electrons. The first-order valence-electron chi connectivity index (χ1n) is 21.2. The quantitative estimate of drug-likeness (QED) is 0.0792. The summed E-state index contributed by atoms with van der Waals surface area (Å²) >= 11 is 0. The van der Waals surface area contributed by atoms with Crippen LogP contribution in [0, 0.1) is 5.92 Å². The maximum Gasteiger partial charge on any atom is 0.412 e. The normalized spacial score (nSPS) is 18.6. The van der Waals surface area contributed by atoms with E-state index in [0.717, 1.165) is 95.2 Å². The smallest absolute Gasteiger partial charge is 0.412 e. The molecule has 9 rings (SSSR count). The highest BCUT2D eigenvalue weighted by Crippen LogP contribution is 2.42. The Labute approximate surface area is 352 Å². The molecule has 12 nitrogen and oxygen atoms in total. The third-order valence-electron chi connectivity index (χ3n) is 13.1. The summed E-state index contributed by atoms with van der Waals surface area (Å²) in [6, 6.07) is 29.4. The SMILES string of the molecule is CC(C)(C)[Si](C)(C)O[C@@H](CNCc1ccc2c(c1)nnn2CCCc1ccc(-c2ccccc2)c(N(C(=O)O)C2CN3CCC2CC3)c1)c1ccc(O)c2[nH]c(=O)ccc12. The number of carbonyl (C=O) groups is 1. The number of aromatic amines is 1. The molecule has 4 aromatic carbocycles. The van der Waals surface area contributed by atoms with Gasteiger partial charge in [-0.05, 0) is 115 Å². The molecule has 2 atom stereocenters. The van der Waals surface area contributed by atoms with Gasteiger partial charge in [0.25, 0.3) is 0 Å². The minimum absolute atomic E-state index is 0.0203. The van der Waals surface area contributed by atoms with Crippen molar-refractivity contribution in [3.63, 3.8) is 0 Å². The van der Waals surface area contributed by atoms with Crippen LogP contribution < -0.4 is 15.8 Å². The van der Waals surface area contributed by atoms with E-state index in [1.54, 1.807) is 17.0 Å².